The maximum absolute atomic E-state index is 10.9. The van der Waals surface area contributed by atoms with Gasteiger partial charge in [-0.2, -0.15) is 0 Å². The number of hydrogen-bond donors (Lipinski definition) is 1. The molecule has 0 aromatic heterocycles. The molecule has 92 valence electrons. The van der Waals surface area contributed by atoms with Crippen LogP contribution in [-0.4, -0.2) is 19.4 Å². The Kier molecular flexibility index (Phi) is 3.01. The molecule has 0 spiro atoms. The highest BCUT2D eigenvalue weighted by atomic mass is 32.2. The SMILES string of the molecule is Cc1cc(C2(CS(=O)O)CC2)ccc1[N+](=O)[O-]. The number of nitro groups is 1. The molecule has 1 aliphatic carbocycles. The largest absolute Gasteiger partial charge is 0.306 e. The lowest BCUT2D eigenvalue weighted by molar-refractivity contribution is -0.385. The number of hydrogen-bond acceptors (Lipinski definition) is 3. The number of aryl methyl sites for hydroxylation is 1. The molecule has 1 atom stereocenters. The zero-order valence-corrected chi connectivity index (χ0v) is 10.2. The quantitative estimate of drug-likeness (QED) is 0.508. The normalized spacial score (nSPS) is 18.7. The van der Waals surface area contributed by atoms with Gasteiger partial charge in [0.2, 0.25) is 0 Å². The minimum absolute atomic E-state index is 0.0923. The summed E-state index contributed by atoms with van der Waals surface area (Å²) in [6, 6.07) is 4.94. The van der Waals surface area contributed by atoms with E-state index in [0.29, 0.717) is 5.56 Å². The monoisotopic (exact) mass is 255 g/mol. The van der Waals surface area contributed by atoms with E-state index in [0.717, 1.165) is 18.4 Å². The first kappa shape index (κ1) is 12.2. The van der Waals surface area contributed by atoms with Gasteiger partial charge in [-0.15, -0.1) is 0 Å². The minimum Gasteiger partial charge on any atom is -0.306 e. The number of rotatable bonds is 4. The third kappa shape index (κ3) is 2.37. The fourth-order valence-corrected chi connectivity index (χ4v) is 3.02. The highest BCUT2D eigenvalue weighted by Gasteiger charge is 2.45. The second-order valence-corrected chi connectivity index (χ2v) is 5.44. The van der Waals surface area contributed by atoms with Gasteiger partial charge in [0.1, 0.15) is 0 Å². The van der Waals surface area contributed by atoms with Crippen LogP contribution in [0.2, 0.25) is 0 Å². The zero-order valence-electron chi connectivity index (χ0n) is 9.38. The van der Waals surface area contributed by atoms with E-state index in [1.165, 1.54) is 6.07 Å². The van der Waals surface area contributed by atoms with E-state index in [9.17, 15) is 14.3 Å². The van der Waals surface area contributed by atoms with Crippen molar-refractivity contribution in [1.29, 1.82) is 0 Å². The summed E-state index contributed by atoms with van der Waals surface area (Å²) in [6.45, 7) is 1.69. The van der Waals surface area contributed by atoms with Crippen molar-refractivity contribution in [2.24, 2.45) is 0 Å². The summed E-state index contributed by atoms with van der Waals surface area (Å²) in [7, 11) is 0. The Hall–Kier alpha value is -1.27. The van der Waals surface area contributed by atoms with E-state index in [1.807, 2.05) is 0 Å². The number of benzene rings is 1. The van der Waals surface area contributed by atoms with Crippen molar-refractivity contribution in [3.05, 3.63) is 39.4 Å². The van der Waals surface area contributed by atoms with Gasteiger partial charge < -0.3 is 4.55 Å². The van der Waals surface area contributed by atoms with E-state index in [1.54, 1.807) is 19.1 Å². The summed E-state index contributed by atoms with van der Waals surface area (Å²) in [6.07, 6.45) is 1.74. The van der Waals surface area contributed by atoms with E-state index in [2.05, 4.69) is 0 Å². The minimum atomic E-state index is -1.83. The lowest BCUT2D eigenvalue weighted by Gasteiger charge is -2.13. The van der Waals surface area contributed by atoms with Crippen LogP contribution in [0.25, 0.3) is 0 Å². The molecule has 17 heavy (non-hydrogen) atoms. The van der Waals surface area contributed by atoms with Crippen LogP contribution >= 0.6 is 0 Å². The van der Waals surface area contributed by atoms with E-state index >= 15 is 0 Å². The molecule has 1 aliphatic rings. The van der Waals surface area contributed by atoms with E-state index in [4.69, 9.17) is 4.55 Å². The number of nitro benzene ring substituents is 1. The molecule has 1 saturated carbocycles. The Balaban J connectivity index is 2.32. The standard InChI is InChI=1S/C11H13NO4S/c1-8-6-9(2-3-10(8)12(13)14)11(4-5-11)7-17(15)16/h2-3,6H,4-5,7H2,1H3,(H,15,16). The zero-order chi connectivity index (χ0) is 12.6. The predicted octanol–water partition coefficient (Wildman–Crippen LogP) is 2.16. The molecule has 0 bridgehead atoms. The highest BCUT2D eigenvalue weighted by molar-refractivity contribution is 7.79. The molecule has 1 unspecified atom stereocenters. The van der Waals surface area contributed by atoms with Crippen LogP contribution in [0.5, 0.6) is 0 Å². The smallest absolute Gasteiger partial charge is 0.272 e. The molecule has 2 rings (SSSR count). The molecule has 0 radical (unpaired) electrons. The third-order valence-electron chi connectivity index (χ3n) is 3.26. The van der Waals surface area contributed by atoms with Gasteiger partial charge in [-0.05, 0) is 31.4 Å². The number of nitrogens with zero attached hydrogens (tertiary/aromatic N) is 1. The summed E-state index contributed by atoms with van der Waals surface area (Å²) >= 11 is -1.83. The third-order valence-corrected chi connectivity index (χ3v) is 4.06. The summed E-state index contributed by atoms with van der Waals surface area (Å²) in [5.41, 5.74) is 1.39. The van der Waals surface area contributed by atoms with Crippen molar-refractivity contribution < 1.29 is 13.7 Å². The van der Waals surface area contributed by atoms with Crippen LogP contribution in [0.15, 0.2) is 18.2 Å². The van der Waals surface area contributed by atoms with Crippen molar-refractivity contribution in [2.45, 2.75) is 25.2 Å². The Labute approximate surface area is 101 Å². The first-order valence-corrected chi connectivity index (χ1v) is 6.55. The predicted molar refractivity (Wildman–Crippen MR) is 64.4 cm³/mol. The van der Waals surface area contributed by atoms with Gasteiger partial charge in [0.15, 0.2) is 11.1 Å². The van der Waals surface area contributed by atoms with E-state index < -0.39 is 16.0 Å². The average molecular weight is 255 g/mol. The fourth-order valence-electron chi connectivity index (χ4n) is 2.09. The van der Waals surface area contributed by atoms with Gasteiger partial charge in [0, 0.05) is 17.0 Å². The Bertz CT molecular complexity index is 496. The van der Waals surface area contributed by atoms with Crippen LogP contribution < -0.4 is 0 Å². The van der Waals surface area contributed by atoms with Crippen LogP contribution in [0.4, 0.5) is 5.69 Å². The molecular weight excluding hydrogens is 242 g/mol. The molecule has 1 N–H and O–H groups in total. The topological polar surface area (TPSA) is 80.4 Å². The summed E-state index contributed by atoms with van der Waals surface area (Å²) in [5, 5.41) is 10.7. The molecular formula is C11H13NO4S. The average Bonchev–Trinajstić information content (AvgIpc) is 2.97. The molecule has 1 aromatic rings. The van der Waals surface area contributed by atoms with Crippen LogP contribution in [-0.2, 0) is 16.5 Å². The van der Waals surface area contributed by atoms with Gasteiger partial charge in [-0.1, -0.05) is 6.07 Å². The second kappa shape index (κ2) is 4.19. The summed E-state index contributed by atoms with van der Waals surface area (Å²) in [5.74, 6) is 0.213. The Morgan fingerprint density at radius 1 is 1.53 bits per heavy atom. The van der Waals surface area contributed by atoms with Gasteiger partial charge >= 0.3 is 0 Å². The molecule has 0 saturated heterocycles. The van der Waals surface area contributed by atoms with Crippen molar-refractivity contribution in [3.63, 3.8) is 0 Å². The van der Waals surface area contributed by atoms with Crippen LogP contribution in [0.3, 0.4) is 0 Å². The fraction of sp³-hybridized carbons (Fsp3) is 0.455. The van der Waals surface area contributed by atoms with E-state index in [-0.39, 0.29) is 16.9 Å². The first-order valence-electron chi connectivity index (χ1n) is 5.28. The second-order valence-electron chi connectivity index (χ2n) is 4.50. The Morgan fingerprint density at radius 2 is 2.18 bits per heavy atom. The van der Waals surface area contributed by atoms with Crippen molar-refractivity contribution in [1.82, 2.24) is 0 Å². The molecule has 0 amide bonds. The summed E-state index contributed by atoms with van der Waals surface area (Å²) < 4.78 is 19.9. The van der Waals surface area contributed by atoms with Gasteiger partial charge in [0.05, 0.1) is 10.7 Å². The van der Waals surface area contributed by atoms with Crippen molar-refractivity contribution in [2.75, 3.05) is 5.75 Å². The maximum atomic E-state index is 10.9. The van der Waals surface area contributed by atoms with Crippen LogP contribution in [0.1, 0.15) is 24.0 Å². The molecule has 0 aliphatic heterocycles. The maximum Gasteiger partial charge on any atom is 0.272 e. The van der Waals surface area contributed by atoms with Gasteiger partial charge in [-0.3, -0.25) is 10.1 Å². The Morgan fingerprint density at radius 3 is 2.59 bits per heavy atom. The molecule has 1 aromatic carbocycles. The lowest BCUT2D eigenvalue weighted by atomic mass is 9.96. The molecule has 0 heterocycles. The highest BCUT2D eigenvalue weighted by Crippen LogP contribution is 2.49. The van der Waals surface area contributed by atoms with Gasteiger partial charge in [-0.25, -0.2) is 4.21 Å². The molecule has 5 nitrogen and oxygen atoms in total. The lowest BCUT2D eigenvalue weighted by Crippen LogP contribution is -2.16. The van der Waals surface area contributed by atoms with Crippen molar-refractivity contribution >= 4 is 16.8 Å². The molecule has 6 heteroatoms. The summed E-state index contributed by atoms with van der Waals surface area (Å²) in [4.78, 5) is 10.3. The first-order chi connectivity index (χ1) is 7.94. The molecule has 1 fully saturated rings. The van der Waals surface area contributed by atoms with Crippen LogP contribution in [0, 0.1) is 17.0 Å². The van der Waals surface area contributed by atoms with Crippen molar-refractivity contribution in [3.8, 4) is 0 Å². The van der Waals surface area contributed by atoms with Gasteiger partial charge in [0.25, 0.3) is 5.69 Å².